The number of esters is 1. The van der Waals surface area contributed by atoms with Crippen LogP contribution in [0.2, 0.25) is 0 Å². The molecular weight excluding hydrogens is 158 g/mol. The van der Waals surface area contributed by atoms with Crippen LogP contribution in [0.5, 0.6) is 0 Å². The molecule has 0 spiro atoms. The summed E-state index contributed by atoms with van der Waals surface area (Å²) in [5, 5.41) is 9.31. The molecule has 1 heterocycles. The number of ether oxygens (including phenoxy) is 1. The van der Waals surface area contributed by atoms with Crippen molar-refractivity contribution in [3.05, 3.63) is 24.4 Å². The van der Waals surface area contributed by atoms with Gasteiger partial charge >= 0.3 is 5.97 Å². The van der Waals surface area contributed by atoms with Gasteiger partial charge in [0.25, 0.3) is 0 Å². The zero-order valence-corrected chi connectivity index (χ0v) is 6.80. The molecule has 1 aliphatic heterocycles. The minimum absolute atomic E-state index is 0.521. The number of nitrogens with zero attached hydrogens (tertiary/aromatic N) is 1. The van der Waals surface area contributed by atoms with E-state index in [1.807, 2.05) is 12.2 Å². The average molecular weight is 169 g/mol. The molecule has 4 nitrogen and oxygen atoms in total. The van der Waals surface area contributed by atoms with Gasteiger partial charge in [-0.15, -0.1) is 0 Å². The van der Waals surface area contributed by atoms with Crippen LogP contribution in [0.15, 0.2) is 24.4 Å². The Morgan fingerprint density at radius 3 is 2.92 bits per heavy atom. The van der Waals surface area contributed by atoms with Gasteiger partial charge in [-0.05, 0) is 6.08 Å². The summed E-state index contributed by atoms with van der Waals surface area (Å²) >= 11 is 0. The molecule has 0 radical (unpaired) electrons. The van der Waals surface area contributed by atoms with E-state index in [0.717, 1.165) is 0 Å². The zero-order chi connectivity index (χ0) is 8.97. The van der Waals surface area contributed by atoms with E-state index in [0.29, 0.717) is 6.54 Å². The van der Waals surface area contributed by atoms with E-state index in [1.54, 1.807) is 12.3 Å². The van der Waals surface area contributed by atoms with Gasteiger partial charge in [-0.2, -0.15) is 0 Å². The van der Waals surface area contributed by atoms with Crippen LogP contribution in [-0.4, -0.2) is 35.9 Å². The topological polar surface area (TPSA) is 49.8 Å². The van der Waals surface area contributed by atoms with Crippen molar-refractivity contribution in [3.8, 4) is 0 Å². The Morgan fingerprint density at radius 2 is 2.42 bits per heavy atom. The van der Waals surface area contributed by atoms with Crippen molar-refractivity contribution in [1.82, 2.24) is 4.90 Å². The maximum atomic E-state index is 10.8. The molecular formula is C8H11NO3. The van der Waals surface area contributed by atoms with Gasteiger partial charge < -0.3 is 14.7 Å². The molecule has 0 fully saturated rings. The number of hydrogen-bond acceptors (Lipinski definition) is 4. The van der Waals surface area contributed by atoms with E-state index in [1.165, 1.54) is 12.0 Å². The number of aliphatic hydroxyl groups is 1. The number of rotatable bonds is 2. The van der Waals surface area contributed by atoms with Gasteiger partial charge in [0.15, 0.2) is 0 Å². The lowest BCUT2D eigenvalue weighted by Gasteiger charge is -2.24. The third kappa shape index (κ3) is 1.85. The van der Waals surface area contributed by atoms with Crippen LogP contribution in [0, 0.1) is 0 Å². The van der Waals surface area contributed by atoms with Crippen molar-refractivity contribution in [2.45, 2.75) is 6.23 Å². The Morgan fingerprint density at radius 1 is 1.67 bits per heavy atom. The second-order valence-corrected chi connectivity index (χ2v) is 2.36. The molecule has 0 aliphatic carbocycles. The van der Waals surface area contributed by atoms with Gasteiger partial charge in [0.2, 0.25) is 6.23 Å². The predicted octanol–water partition coefficient (Wildman–Crippen LogP) is -0.137. The summed E-state index contributed by atoms with van der Waals surface area (Å²) in [6, 6.07) is 0. The van der Waals surface area contributed by atoms with Crippen LogP contribution >= 0.6 is 0 Å². The number of methoxy groups -OCH3 is 1. The van der Waals surface area contributed by atoms with Crippen molar-refractivity contribution >= 4 is 5.97 Å². The van der Waals surface area contributed by atoms with E-state index in [9.17, 15) is 9.90 Å². The standard InChI is InChI=1S/C8H11NO3/c1-12-8(11)7(10)9-5-3-2-4-6-9/h2-5,7,10H,6H2,1H3. The molecule has 1 aliphatic rings. The highest BCUT2D eigenvalue weighted by atomic mass is 16.5. The van der Waals surface area contributed by atoms with Crippen molar-refractivity contribution in [2.24, 2.45) is 0 Å². The highest BCUT2D eigenvalue weighted by Gasteiger charge is 2.20. The summed E-state index contributed by atoms with van der Waals surface area (Å²) < 4.78 is 4.38. The van der Waals surface area contributed by atoms with Gasteiger partial charge in [-0.25, -0.2) is 4.79 Å². The van der Waals surface area contributed by atoms with Crippen LogP contribution in [0.25, 0.3) is 0 Å². The van der Waals surface area contributed by atoms with E-state index in [4.69, 9.17) is 0 Å². The first-order valence-electron chi connectivity index (χ1n) is 3.60. The molecule has 0 bridgehead atoms. The Kier molecular flexibility index (Phi) is 2.88. The molecule has 1 rings (SSSR count). The SMILES string of the molecule is COC(=O)C(O)N1C=CC=CC1. The second kappa shape index (κ2) is 3.92. The molecule has 1 N–H and O–H groups in total. The lowest BCUT2D eigenvalue weighted by Crippen LogP contribution is -2.38. The van der Waals surface area contributed by atoms with Crippen LogP contribution < -0.4 is 0 Å². The van der Waals surface area contributed by atoms with Crippen LogP contribution in [0.1, 0.15) is 0 Å². The normalized spacial score (nSPS) is 17.7. The summed E-state index contributed by atoms with van der Waals surface area (Å²) in [7, 11) is 1.25. The average Bonchev–Trinajstić information content (AvgIpc) is 2.17. The van der Waals surface area contributed by atoms with Crippen molar-refractivity contribution in [1.29, 1.82) is 0 Å². The Hall–Kier alpha value is -1.29. The lowest BCUT2D eigenvalue weighted by molar-refractivity contribution is -0.158. The van der Waals surface area contributed by atoms with E-state index >= 15 is 0 Å². The fourth-order valence-electron chi connectivity index (χ4n) is 0.904. The largest absolute Gasteiger partial charge is 0.466 e. The van der Waals surface area contributed by atoms with Crippen LogP contribution in [0.3, 0.4) is 0 Å². The van der Waals surface area contributed by atoms with Crippen LogP contribution in [-0.2, 0) is 9.53 Å². The smallest absolute Gasteiger partial charge is 0.356 e. The Bertz CT molecular complexity index is 222. The van der Waals surface area contributed by atoms with E-state index in [-0.39, 0.29) is 0 Å². The highest BCUT2D eigenvalue weighted by Crippen LogP contribution is 2.03. The van der Waals surface area contributed by atoms with E-state index in [2.05, 4.69) is 4.74 Å². The summed E-state index contributed by atoms with van der Waals surface area (Å²) in [5.41, 5.74) is 0. The van der Waals surface area contributed by atoms with Crippen molar-refractivity contribution in [2.75, 3.05) is 13.7 Å². The lowest BCUT2D eigenvalue weighted by atomic mass is 10.3. The van der Waals surface area contributed by atoms with Gasteiger partial charge in [0, 0.05) is 12.7 Å². The first-order chi connectivity index (χ1) is 5.75. The molecule has 1 atom stereocenters. The van der Waals surface area contributed by atoms with Gasteiger partial charge in [-0.1, -0.05) is 12.2 Å². The number of allylic oxidation sites excluding steroid dienone is 2. The number of aliphatic hydroxyl groups excluding tert-OH is 1. The minimum atomic E-state index is -1.20. The number of carbonyl (C=O) groups excluding carboxylic acids is 1. The molecule has 12 heavy (non-hydrogen) atoms. The predicted molar refractivity (Wildman–Crippen MR) is 43.0 cm³/mol. The first kappa shape index (κ1) is 8.80. The number of hydrogen-bond donors (Lipinski definition) is 1. The van der Waals surface area contributed by atoms with Crippen LogP contribution in [0.4, 0.5) is 0 Å². The Labute approximate surface area is 70.7 Å². The van der Waals surface area contributed by atoms with Gasteiger partial charge in [0.1, 0.15) is 0 Å². The molecule has 66 valence electrons. The van der Waals surface area contributed by atoms with Gasteiger partial charge in [-0.3, -0.25) is 0 Å². The van der Waals surface area contributed by atoms with Crippen molar-refractivity contribution < 1.29 is 14.6 Å². The molecule has 1 unspecified atom stereocenters. The first-order valence-corrected chi connectivity index (χ1v) is 3.60. The zero-order valence-electron chi connectivity index (χ0n) is 6.80. The summed E-state index contributed by atoms with van der Waals surface area (Å²) in [6.07, 6.45) is 5.88. The fraction of sp³-hybridized carbons (Fsp3) is 0.375. The van der Waals surface area contributed by atoms with E-state index < -0.39 is 12.2 Å². The number of carbonyl (C=O) groups is 1. The molecule has 0 saturated heterocycles. The molecule has 0 aromatic carbocycles. The molecule has 0 amide bonds. The summed E-state index contributed by atoms with van der Waals surface area (Å²) in [5.74, 6) is -0.644. The molecule has 4 heteroatoms. The molecule has 0 aromatic rings. The summed E-state index contributed by atoms with van der Waals surface area (Å²) in [4.78, 5) is 12.3. The van der Waals surface area contributed by atoms with Crippen molar-refractivity contribution in [3.63, 3.8) is 0 Å². The summed E-state index contributed by atoms with van der Waals surface area (Å²) in [6.45, 7) is 0.521. The third-order valence-corrected chi connectivity index (χ3v) is 1.57. The molecule has 0 aromatic heterocycles. The third-order valence-electron chi connectivity index (χ3n) is 1.57. The van der Waals surface area contributed by atoms with Gasteiger partial charge in [0.05, 0.1) is 7.11 Å². The second-order valence-electron chi connectivity index (χ2n) is 2.36. The minimum Gasteiger partial charge on any atom is -0.466 e. The highest BCUT2D eigenvalue weighted by molar-refractivity contribution is 5.73. The Balaban J connectivity index is 2.52. The fourth-order valence-corrected chi connectivity index (χ4v) is 0.904. The quantitative estimate of drug-likeness (QED) is 0.585. The maximum absolute atomic E-state index is 10.8. The monoisotopic (exact) mass is 169 g/mol. The maximum Gasteiger partial charge on any atom is 0.356 e. The molecule has 0 saturated carbocycles.